The molecule has 0 spiro atoms. The molecule has 3 N–H and O–H groups in total. The maximum atomic E-state index is 11.8. The molecule has 0 unspecified atom stereocenters. The minimum Gasteiger partial charge on any atom is -0.473 e. The lowest BCUT2D eigenvalue weighted by molar-refractivity contribution is -0.159. The first-order valence-corrected chi connectivity index (χ1v) is 7.75. The van der Waals surface area contributed by atoms with Crippen molar-refractivity contribution in [3.05, 3.63) is 0 Å². The molecule has 2 saturated heterocycles. The Bertz CT molecular complexity index is 422. The summed E-state index contributed by atoms with van der Waals surface area (Å²) in [7, 11) is 0. The molecule has 2 aliphatic heterocycles. The van der Waals surface area contributed by atoms with Gasteiger partial charge in [-0.2, -0.15) is 0 Å². The summed E-state index contributed by atoms with van der Waals surface area (Å²) in [5.74, 6) is -2.15. The van der Waals surface area contributed by atoms with E-state index in [1.165, 1.54) is 12.8 Å². The van der Waals surface area contributed by atoms with Crippen molar-refractivity contribution >= 4 is 18.0 Å². The number of hydrogen-bond donors (Lipinski definition) is 3. The van der Waals surface area contributed by atoms with Crippen LogP contribution in [-0.2, 0) is 14.3 Å². The van der Waals surface area contributed by atoms with Crippen LogP contribution < -0.4 is 5.32 Å². The topological polar surface area (TPSA) is 116 Å². The van der Waals surface area contributed by atoms with Crippen molar-refractivity contribution in [2.75, 3.05) is 26.2 Å². The Morgan fingerprint density at radius 1 is 1.00 bits per heavy atom. The number of rotatable bonds is 1. The molecule has 0 aromatic heterocycles. The van der Waals surface area contributed by atoms with Gasteiger partial charge in [0.15, 0.2) is 0 Å². The number of amides is 1. The van der Waals surface area contributed by atoms with Crippen LogP contribution >= 0.6 is 0 Å². The van der Waals surface area contributed by atoms with E-state index in [4.69, 9.17) is 24.5 Å². The van der Waals surface area contributed by atoms with E-state index in [9.17, 15) is 4.79 Å². The van der Waals surface area contributed by atoms with E-state index in [1.54, 1.807) is 0 Å². The highest BCUT2D eigenvalue weighted by Gasteiger charge is 2.38. The first-order chi connectivity index (χ1) is 10.6. The Labute approximate surface area is 135 Å². The summed E-state index contributed by atoms with van der Waals surface area (Å²) in [6.07, 6.45) is 2.36. The van der Waals surface area contributed by atoms with Crippen LogP contribution in [0.2, 0.25) is 0 Å². The van der Waals surface area contributed by atoms with Gasteiger partial charge in [-0.05, 0) is 58.5 Å². The van der Waals surface area contributed by atoms with Gasteiger partial charge in [-0.1, -0.05) is 0 Å². The summed E-state index contributed by atoms with van der Waals surface area (Å²) in [5, 5.41) is 18.2. The molecule has 8 nitrogen and oxygen atoms in total. The highest BCUT2D eigenvalue weighted by Crippen LogP contribution is 2.30. The fraction of sp³-hybridized carbons (Fsp3) is 0.800. The third-order valence-corrected chi connectivity index (χ3v) is 3.79. The molecule has 2 heterocycles. The fourth-order valence-electron chi connectivity index (χ4n) is 2.60. The smallest absolute Gasteiger partial charge is 0.414 e. The predicted octanol–water partition coefficient (Wildman–Crippen LogP) is 1.01. The number of likely N-dealkylation sites (tertiary alicyclic amines) is 1. The lowest BCUT2D eigenvalue weighted by Crippen LogP contribution is -2.55. The minimum absolute atomic E-state index is 0.150. The Balaban J connectivity index is 0.000000379. The molecule has 2 fully saturated rings. The summed E-state index contributed by atoms with van der Waals surface area (Å²) >= 11 is 0. The molecule has 0 saturated carbocycles. The van der Waals surface area contributed by atoms with Gasteiger partial charge in [-0.3, -0.25) is 0 Å². The molecule has 0 aromatic rings. The van der Waals surface area contributed by atoms with Gasteiger partial charge in [0.05, 0.1) is 0 Å². The van der Waals surface area contributed by atoms with E-state index < -0.39 is 11.9 Å². The number of hydrogen-bond acceptors (Lipinski definition) is 5. The van der Waals surface area contributed by atoms with Crippen molar-refractivity contribution in [1.29, 1.82) is 0 Å². The van der Waals surface area contributed by atoms with Gasteiger partial charge in [0.25, 0.3) is 0 Å². The number of nitrogens with one attached hydrogen (secondary N) is 1. The average molecular weight is 330 g/mol. The van der Waals surface area contributed by atoms with E-state index in [1.807, 2.05) is 25.7 Å². The highest BCUT2D eigenvalue weighted by molar-refractivity contribution is 6.27. The Hall–Kier alpha value is -1.83. The standard InChI is InChI=1S/C13H24N2O2.C2H2O4/c1-13(2,3)17-12(16)15-8-11(9-15)10-4-6-14-7-5-10;3-1(4)2(5)6/h10-11,14H,4-9H2,1-3H3;(H,3,4)(H,5,6). The molecule has 23 heavy (non-hydrogen) atoms. The molecule has 2 rings (SSSR count). The zero-order valence-electron chi connectivity index (χ0n) is 13.9. The summed E-state index contributed by atoms with van der Waals surface area (Å²) in [4.78, 5) is 31.8. The zero-order valence-corrected chi connectivity index (χ0v) is 13.9. The average Bonchev–Trinajstić information content (AvgIpc) is 2.36. The van der Waals surface area contributed by atoms with Crippen LogP contribution in [0.1, 0.15) is 33.6 Å². The van der Waals surface area contributed by atoms with Gasteiger partial charge < -0.3 is 25.2 Å². The van der Waals surface area contributed by atoms with Crippen molar-refractivity contribution in [2.45, 2.75) is 39.2 Å². The van der Waals surface area contributed by atoms with E-state index >= 15 is 0 Å². The number of aliphatic carboxylic acids is 2. The van der Waals surface area contributed by atoms with Gasteiger partial charge in [0, 0.05) is 13.1 Å². The van der Waals surface area contributed by atoms with E-state index in [2.05, 4.69) is 5.32 Å². The number of carbonyl (C=O) groups excluding carboxylic acids is 1. The van der Waals surface area contributed by atoms with Crippen LogP contribution in [0.15, 0.2) is 0 Å². The van der Waals surface area contributed by atoms with Crippen LogP contribution in [0.25, 0.3) is 0 Å². The highest BCUT2D eigenvalue weighted by atomic mass is 16.6. The first kappa shape index (κ1) is 19.2. The van der Waals surface area contributed by atoms with Crippen molar-refractivity contribution in [3.63, 3.8) is 0 Å². The number of nitrogens with zero attached hydrogens (tertiary/aromatic N) is 1. The van der Waals surface area contributed by atoms with E-state index in [0.717, 1.165) is 32.1 Å². The monoisotopic (exact) mass is 330 g/mol. The lowest BCUT2D eigenvalue weighted by Gasteiger charge is -2.44. The summed E-state index contributed by atoms with van der Waals surface area (Å²) < 4.78 is 5.35. The van der Waals surface area contributed by atoms with Gasteiger partial charge in [0.1, 0.15) is 5.60 Å². The molecule has 0 radical (unpaired) electrons. The molecule has 0 atom stereocenters. The molecular formula is C15H26N2O6. The van der Waals surface area contributed by atoms with E-state index in [0.29, 0.717) is 5.92 Å². The molecule has 132 valence electrons. The first-order valence-electron chi connectivity index (χ1n) is 7.75. The van der Waals surface area contributed by atoms with Gasteiger partial charge in [0.2, 0.25) is 0 Å². The second-order valence-corrected chi connectivity index (χ2v) is 6.84. The molecule has 0 aromatic carbocycles. The van der Waals surface area contributed by atoms with Crippen LogP contribution in [0.5, 0.6) is 0 Å². The third kappa shape index (κ3) is 6.85. The molecule has 0 aliphatic carbocycles. The largest absolute Gasteiger partial charge is 0.473 e. The van der Waals surface area contributed by atoms with Gasteiger partial charge in [-0.15, -0.1) is 0 Å². The maximum Gasteiger partial charge on any atom is 0.414 e. The normalized spacial score (nSPS) is 19.2. The second-order valence-electron chi connectivity index (χ2n) is 6.84. The van der Waals surface area contributed by atoms with Crippen molar-refractivity contribution < 1.29 is 29.3 Å². The molecule has 2 aliphatic rings. The van der Waals surface area contributed by atoms with Crippen LogP contribution in [0.3, 0.4) is 0 Å². The van der Waals surface area contributed by atoms with Crippen molar-refractivity contribution in [1.82, 2.24) is 10.2 Å². The fourth-order valence-corrected chi connectivity index (χ4v) is 2.60. The quantitative estimate of drug-likeness (QED) is 0.614. The summed E-state index contributed by atoms with van der Waals surface area (Å²) in [6.45, 7) is 9.78. The predicted molar refractivity (Wildman–Crippen MR) is 82.2 cm³/mol. The summed E-state index contributed by atoms with van der Waals surface area (Å²) in [5.41, 5.74) is -0.378. The number of carbonyl (C=O) groups is 3. The SMILES string of the molecule is CC(C)(C)OC(=O)N1CC(C2CCNCC2)C1.O=C(O)C(=O)O. The molecule has 1 amide bonds. The number of ether oxygens (including phenoxy) is 1. The number of carboxylic acids is 2. The Kier molecular flexibility index (Phi) is 6.80. The Morgan fingerprint density at radius 3 is 1.87 bits per heavy atom. The van der Waals surface area contributed by atoms with Crippen molar-refractivity contribution in [3.8, 4) is 0 Å². The number of piperidine rings is 1. The van der Waals surface area contributed by atoms with Crippen LogP contribution in [0, 0.1) is 11.8 Å². The van der Waals surface area contributed by atoms with Crippen LogP contribution in [0.4, 0.5) is 4.79 Å². The summed E-state index contributed by atoms with van der Waals surface area (Å²) in [6, 6.07) is 0. The lowest BCUT2D eigenvalue weighted by atomic mass is 9.80. The van der Waals surface area contributed by atoms with E-state index in [-0.39, 0.29) is 11.7 Å². The van der Waals surface area contributed by atoms with Gasteiger partial charge in [-0.25, -0.2) is 14.4 Å². The third-order valence-electron chi connectivity index (χ3n) is 3.79. The molecular weight excluding hydrogens is 304 g/mol. The maximum absolute atomic E-state index is 11.8. The van der Waals surface area contributed by atoms with Gasteiger partial charge >= 0.3 is 18.0 Å². The zero-order chi connectivity index (χ0) is 17.6. The second kappa shape index (κ2) is 8.14. The van der Waals surface area contributed by atoms with Crippen molar-refractivity contribution in [2.24, 2.45) is 11.8 Å². The molecule has 0 bridgehead atoms. The Morgan fingerprint density at radius 2 is 1.48 bits per heavy atom. The molecule has 8 heteroatoms. The number of carboxylic acid groups (broad SMARTS) is 2. The minimum atomic E-state index is -1.82. The van der Waals surface area contributed by atoms with Crippen LogP contribution in [-0.4, -0.2) is 64.9 Å².